The monoisotopic (exact) mass is 278 g/mol. The number of hydrogen-bond acceptors (Lipinski definition) is 7. The molecular formula is C13H10O7. The molecule has 0 aromatic rings. The zero-order chi connectivity index (χ0) is 14.2. The van der Waals surface area contributed by atoms with Gasteiger partial charge < -0.3 is 14.2 Å². The molecule has 7 heteroatoms. The molecule has 2 bridgehead atoms. The van der Waals surface area contributed by atoms with Crippen molar-refractivity contribution in [3.63, 3.8) is 0 Å². The number of carbonyl (C=O) groups is 4. The minimum Gasteiger partial charge on any atom is -0.501 e. The highest BCUT2D eigenvalue weighted by Crippen LogP contribution is 2.59. The van der Waals surface area contributed by atoms with Crippen molar-refractivity contribution in [3.8, 4) is 0 Å². The maximum atomic E-state index is 11.9. The van der Waals surface area contributed by atoms with Crippen molar-refractivity contribution in [1.29, 1.82) is 0 Å². The maximum Gasteiger partial charge on any atom is 0.318 e. The molecule has 6 atom stereocenters. The average molecular weight is 278 g/mol. The fourth-order valence-corrected chi connectivity index (χ4v) is 4.10. The van der Waals surface area contributed by atoms with Crippen molar-refractivity contribution < 1.29 is 33.4 Å². The van der Waals surface area contributed by atoms with Gasteiger partial charge in [0, 0.05) is 11.8 Å². The molecule has 1 saturated carbocycles. The normalized spacial score (nSPS) is 44.8. The molecule has 0 radical (unpaired) electrons. The lowest BCUT2D eigenvalue weighted by atomic mass is 9.53. The van der Waals surface area contributed by atoms with Crippen molar-refractivity contribution >= 4 is 23.9 Å². The molecule has 3 fully saturated rings. The topological polar surface area (TPSA) is 96.0 Å². The van der Waals surface area contributed by atoms with Gasteiger partial charge in [0.1, 0.15) is 0 Å². The molecule has 2 aliphatic heterocycles. The highest BCUT2D eigenvalue weighted by atomic mass is 16.6. The van der Waals surface area contributed by atoms with Gasteiger partial charge >= 0.3 is 23.9 Å². The molecule has 2 heterocycles. The fraction of sp³-hybridized carbons (Fsp3) is 0.538. The standard InChI is InChI=1S/C13H10O7/c1-18-4-2-3-5-8(12(16)19-10(5)14)7(4)9-6(3)11(15)20-13(9)17/h2-3,5-9H,1H3/t3?,5-,6+,7?,8-,9+. The van der Waals surface area contributed by atoms with E-state index in [1.807, 2.05) is 0 Å². The first kappa shape index (κ1) is 11.6. The highest BCUT2D eigenvalue weighted by molar-refractivity contribution is 6.03. The van der Waals surface area contributed by atoms with Crippen molar-refractivity contribution in [1.82, 2.24) is 0 Å². The summed E-state index contributed by atoms with van der Waals surface area (Å²) >= 11 is 0. The summed E-state index contributed by atoms with van der Waals surface area (Å²) in [5, 5.41) is 0. The molecule has 20 heavy (non-hydrogen) atoms. The number of ether oxygens (including phenoxy) is 3. The number of cyclic esters (lactones) is 4. The number of allylic oxidation sites excluding steroid dienone is 2. The van der Waals surface area contributed by atoms with Crippen LogP contribution in [0, 0.1) is 35.5 Å². The Hall–Kier alpha value is -2.18. The largest absolute Gasteiger partial charge is 0.501 e. The Kier molecular flexibility index (Phi) is 2.02. The third kappa shape index (κ3) is 1.12. The Labute approximate surface area is 112 Å². The summed E-state index contributed by atoms with van der Waals surface area (Å²) < 4.78 is 14.6. The summed E-state index contributed by atoms with van der Waals surface area (Å²) in [6, 6.07) is 0. The van der Waals surface area contributed by atoms with E-state index in [0.717, 1.165) is 0 Å². The van der Waals surface area contributed by atoms with E-state index in [4.69, 9.17) is 4.74 Å². The van der Waals surface area contributed by atoms with Crippen LogP contribution in [0.25, 0.3) is 0 Å². The lowest BCUT2D eigenvalue weighted by molar-refractivity contribution is -0.154. The zero-order valence-electron chi connectivity index (χ0n) is 10.4. The highest BCUT2D eigenvalue weighted by Gasteiger charge is 2.70. The maximum absolute atomic E-state index is 11.9. The van der Waals surface area contributed by atoms with Crippen molar-refractivity contribution in [2.75, 3.05) is 7.11 Å². The summed E-state index contributed by atoms with van der Waals surface area (Å²) in [6.07, 6.45) is 1.66. The molecule has 7 nitrogen and oxygen atoms in total. The molecular weight excluding hydrogens is 268 g/mol. The summed E-state index contributed by atoms with van der Waals surface area (Å²) in [5.41, 5.74) is 0. The Morgan fingerprint density at radius 1 is 0.800 bits per heavy atom. The third-order valence-corrected chi connectivity index (χ3v) is 4.79. The molecule has 0 amide bonds. The van der Waals surface area contributed by atoms with Crippen LogP contribution in [0.5, 0.6) is 0 Å². The number of carbonyl (C=O) groups excluding carboxylic acids is 4. The van der Waals surface area contributed by atoms with E-state index in [1.54, 1.807) is 6.08 Å². The van der Waals surface area contributed by atoms with E-state index < -0.39 is 59.4 Å². The van der Waals surface area contributed by atoms with E-state index in [1.165, 1.54) is 7.11 Å². The molecule has 2 saturated heterocycles. The number of methoxy groups -OCH3 is 1. The Balaban J connectivity index is 1.90. The molecule has 3 aliphatic carbocycles. The Bertz CT molecular complexity index is 562. The first-order valence-corrected chi connectivity index (χ1v) is 6.31. The van der Waals surface area contributed by atoms with E-state index in [0.29, 0.717) is 5.76 Å². The minimum atomic E-state index is -0.757. The van der Waals surface area contributed by atoms with Crippen LogP contribution in [0.2, 0.25) is 0 Å². The van der Waals surface area contributed by atoms with Crippen LogP contribution >= 0.6 is 0 Å². The summed E-state index contributed by atoms with van der Waals surface area (Å²) in [4.78, 5) is 47.4. The van der Waals surface area contributed by atoms with Crippen molar-refractivity contribution in [2.24, 2.45) is 35.5 Å². The van der Waals surface area contributed by atoms with Gasteiger partial charge in [-0.15, -0.1) is 0 Å². The third-order valence-electron chi connectivity index (χ3n) is 4.79. The zero-order valence-corrected chi connectivity index (χ0v) is 10.4. The molecule has 2 unspecified atom stereocenters. The second-order valence-electron chi connectivity index (χ2n) is 5.46. The Morgan fingerprint density at radius 3 is 1.70 bits per heavy atom. The van der Waals surface area contributed by atoms with Crippen LogP contribution in [0.15, 0.2) is 11.8 Å². The molecule has 0 N–H and O–H groups in total. The van der Waals surface area contributed by atoms with Crippen molar-refractivity contribution in [3.05, 3.63) is 11.8 Å². The first-order valence-electron chi connectivity index (χ1n) is 6.31. The number of esters is 4. The van der Waals surface area contributed by atoms with Crippen LogP contribution in [-0.2, 0) is 33.4 Å². The summed E-state index contributed by atoms with van der Waals surface area (Å²) in [5.74, 6) is -6.29. The molecule has 0 spiro atoms. The van der Waals surface area contributed by atoms with Crippen LogP contribution < -0.4 is 0 Å². The molecule has 5 rings (SSSR count). The predicted molar refractivity (Wildman–Crippen MR) is 58.2 cm³/mol. The van der Waals surface area contributed by atoms with Crippen molar-refractivity contribution in [2.45, 2.75) is 0 Å². The van der Waals surface area contributed by atoms with Gasteiger partial charge in [-0.25, -0.2) is 0 Å². The van der Waals surface area contributed by atoms with Crippen LogP contribution in [0.4, 0.5) is 0 Å². The average Bonchev–Trinajstić information content (AvgIpc) is 2.90. The molecule has 104 valence electrons. The van der Waals surface area contributed by atoms with Gasteiger partial charge in [0.05, 0.1) is 36.5 Å². The second kappa shape index (κ2) is 3.47. The minimum absolute atomic E-state index is 0.454. The van der Waals surface area contributed by atoms with E-state index in [2.05, 4.69) is 9.47 Å². The van der Waals surface area contributed by atoms with Gasteiger partial charge in [-0.2, -0.15) is 0 Å². The van der Waals surface area contributed by atoms with Crippen LogP contribution in [0.3, 0.4) is 0 Å². The van der Waals surface area contributed by atoms with E-state index in [9.17, 15) is 19.2 Å². The second-order valence-corrected chi connectivity index (χ2v) is 5.46. The molecule has 0 aromatic carbocycles. The fourth-order valence-electron chi connectivity index (χ4n) is 4.10. The number of hydrogen-bond donors (Lipinski definition) is 0. The molecule has 5 aliphatic rings. The van der Waals surface area contributed by atoms with E-state index in [-0.39, 0.29) is 0 Å². The van der Waals surface area contributed by atoms with Gasteiger partial charge in [-0.05, 0) is 6.08 Å². The SMILES string of the molecule is COC1=CC2[C@H]3C(=O)OC(=O)[C@H]3C1[C@H]1C(=O)OC(=O)[C@@H]21. The Morgan fingerprint density at radius 2 is 1.25 bits per heavy atom. The van der Waals surface area contributed by atoms with Crippen LogP contribution in [-0.4, -0.2) is 31.0 Å². The van der Waals surface area contributed by atoms with E-state index >= 15 is 0 Å². The number of rotatable bonds is 1. The van der Waals surface area contributed by atoms with Gasteiger partial charge in [-0.1, -0.05) is 0 Å². The first-order chi connectivity index (χ1) is 9.54. The van der Waals surface area contributed by atoms with Gasteiger partial charge in [0.2, 0.25) is 0 Å². The van der Waals surface area contributed by atoms with Crippen LogP contribution in [0.1, 0.15) is 0 Å². The summed E-state index contributed by atoms with van der Waals surface area (Å²) in [7, 11) is 1.43. The van der Waals surface area contributed by atoms with Gasteiger partial charge in [-0.3, -0.25) is 19.2 Å². The predicted octanol–water partition coefficient (Wildman–Crippen LogP) is -0.592. The lowest BCUT2D eigenvalue weighted by Gasteiger charge is -2.44. The van der Waals surface area contributed by atoms with Gasteiger partial charge in [0.15, 0.2) is 0 Å². The summed E-state index contributed by atoms with van der Waals surface area (Å²) in [6.45, 7) is 0. The quantitative estimate of drug-likeness (QED) is 0.467. The van der Waals surface area contributed by atoms with Gasteiger partial charge in [0.25, 0.3) is 0 Å². The molecule has 0 aromatic heterocycles. The lowest BCUT2D eigenvalue weighted by Crippen LogP contribution is -2.52. The smallest absolute Gasteiger partial charge is 0.318 e.